The molecule has 0 amide bonds. The van der Waals surface area contributed by atoms with E-state index in [1.807, 2.05) is 22.9 Å². The summed E-state index contributed by atoms with van der Waals surface area (Å²) in [7, 11) is 0. The first-order chi connectivity index (χ1) is 12.1. The van der Waals surface area contributed by atoms with Gasteiger partial charge in [0.1, 0.15) is 11.2 Å². The van der Waals surface area contributed by atoms with Crippen molar-refractivity contribution >= 4 is 62.3 Å². The quantitative estimate of drug-likeness (QED) is 0.429. The molecule has 4 nitrogen and oxygen atoms in total. The Morgan fingerprint density at radius 3 is 2.80 bits per heavy atom. The number of aromatic nitrogens is 2. The second-order valence-corrected chi connectivity index (χ2v) is 7.74. The van der Waals surface area contributed by atoms with Gasteiger partial charge in [0.05, 0.1) is 21.6 Å². The maximum Gasteiger partial charge on any atom is 0.283 e. The van der Waals surface area contributed by atoms with E-state index < -0.39 is 0 Å². The number of thiophene rings is 2. The Kier molecular flexibility index (Phi) is 4.43. The molecule has 4 rings (SSSR count). The Labute approximate surface area is 160 Å². The molecule has 8 heteroatoms. The molecule has 3 heterocycles. The Balaban J connectivity index is 1.79. The maximum atomic E-state index is 12.8. The number of hydrogen-bond acceptors (Lipinski definition) is 5. The second kappa shape index (κ2) is 6.72. The number of hydrogen-bond donors (Lipinski definition) is 0. The van der Waals surface area contributed by atoms with Gasteiger partial charge in [0.25, 0.3) is 5.56 Å². The highest BCUT2D eigenvalue weighted by molar-refractivity contribution is 7.18. The minimum atomic E-state index is -0.203. The van der Waals surface area contributed by atoms with E-state index in [4.69, 9.17) is 23.2 Å². The van der Waals surface area contributed by atoms with Gasteiger partial charge >= 0.3 is 0 Å². The molecular formula is C17H9Cl2N3OS2. The average Bonchev–Trinajstić information content (AvgIpc) is 3.26. The predicted molar refractivity (Wildman–Crippen MR) is 107 cm³/mol. The first-order valence-corrected chi connectivity index (χ1v) is 9.67. The lowest BCUT2D eigenvalue weighted by molar-refractivity contribution is 0.819. The molecule has 0 aliphatic heterocycles. The molecule has 0 saturated carbocycles. The van der Waals surface area contributed by atoms with Crippen LogP contribution in [0.5, 0.6) is 0 Å². The summed E-state index contributed by atoms with van der Waals surface area (Å²) in [5.74, 6) is 0. The summed E-state index contributed by atoms with van der Waals surface area (Å²) >= 11 is 14.9. The molecule has 1 aromatic carbocycles. The molecule has 0 N–H and O–H groups in total. The van der Waals surface area contributed by atoms with Gasteiger partial charge in [-0.15, -0.1) is 22.7 Å². The fourth-order valence-electron chi connectivity index (χ4n) is 2.34. The van der Waals surface area contributed by atoms with Crippen LogP contribution in [0.2, 0.25) is 10.0 Å². The van der Waals surface area contributed by atoms with E-state index in [1.165, 1.54) is 22.3 Å². The lowest BCUT2D eigenvalue weighted by atomic mass is 10.2. The third-order valence-electron chi connectivity index (χ3n) is 3.54. The lowest BCUT2D eigenvalue weighted by Crippen LogP contribution is -2.16. The molecule has 0 bridgehead atoms. The SMILES string of the molecule is O=c1c2c(-c3cccs3)csc2ncn1/N=C\c1ccc(Cl)c(Cl)c1. The molecule has 0 fully saturated rings. The standard InChI is InChI=1S/C17H9Cl2N3OS2/c18-12-4-3-10(6-13(12)19)7-21-22-9-20-16-15(17(22)23)11(8-25-16)14-2-1-5-24-14/h1-9H/b21-7-. The van der Waals surface area contributed by atoms with Crippen LogP contribution in [-0.4, -0.2) is 15.9 Å². The smallest absolute Gasteiger partial charge is 0.267 e. The van der Waals surface area contributed by atoms with E-state index in [-0.39, 0.29) is 5.56 Å². The maximum absolute atomic E-state index is 12.8. The summed E-state index contributed by atoms with van der Waals surface area (Å²) in [5, 5.41) is 9.65. The number of halogens is 2. The zero-order chi connectivity index (χ0) is 17.4. The lowest BCUT2D eigenvalue weighted by Gasteiger charge is -2.00. The fraction of sp³-hybridized carbons (Fsp3) is 0. The van der Waals surface area contributed by atoms with Gasteiger partial charge in [0.2, 0.25) is 0 Å². The molecule has 4 aromatic rings. The molecule has 0 radical (unpaired) electrons. The van der Waals surface area contributed by atoms with Crippen LogP contribution in [0.1, 0.15) is 5.56 Å². The van der Waals surface area contributed by atoms with Gasteiger partial charge in [-0.05, 0) is 29.1 Å². The van der Waals surface area contributed by atoms with Crippen molar-refractivity contribution < 1.29 is 0 Å². The van der Waals surface area contributed by atoms with Gasteiger partial charge in [-0.3, -0.25) is 4.79 Å². The highest BCUT2D eigenvalue weighted by Crippen LogP contribution is 2.33. The van der Waals surface area contributed by atoms with Gasteiger partial charge in [0, 0.05) is 15.8 Å². The van der Waals surface area contributed by atoms with Crippen LogP contribution in [-0.2, 0) is 0 Å². The van der Waals surface area contributed by atoms with Crippen molar-refractivity contribution in [3.05, 3.63) is 73.4 Å². The summed E-state index contributed by atoms with van der Waals surface area (Å²) in [6, 6.07) is 9.09. The van der Waals surface area contributed by atoms with Crippen LogP contribution in [0.4, 0.5) is 0 Å². The first kappa shape index (κ1) is 16.5. The molecule has 0 aliphatic carbocycles. The van der Waals surface area contributed by atoms with Crippen molar-refractivity contribution in [2.45, 2.75) is 0 Å². The highest BCUT2D eigenvalue weighted by atomic mass is 35.5. The third-order valence-corrected chi connectivity index (χ3v) is 6.07. The van der Waals surface area contributed by atoms with Crippen molar-refractivity contribution in [2.24, 2.45) is 5.10 Å². The number of benzene rings is 1. The van der Waals surface area contributed by atoms with Crippen LogP contribution in [0, 0.1) is 0 Å². The first-order valence-electron chi connectivity index (χ1n) is 7.15. The molecule has 0 spiro atoms. The average molecular weight is 406 g/mol. The van der Waals surface area contributed by atoms with Gasteiger partial charge in [-0.1, -0.05) is 35.3 Å². The van der Waals surface area contributed by atoms with Crippen molar-refractivity contribution in [3.63, 3.8) is 0 Å². The largest absolute Gasteiger partial charge is 0.283 e. The summed E-state index contributed by atoms with van der Waals surface area (Å²) < 4.78 is 1.23. The predicted octanol–water partition coefficient (Wildman–Crippen LogP) is 5.38. The monoisotopic (exact) mass is 405 g/mol. The van der Waals surface area contributed by atoms with Gasteiger partial charge in [-0.25, -0.2) is 4.98 Å². The summed E-state index contributed by atoms with van der Waals surface area (Å²) in [6.07, 6.45) is 2.97. The van der Waals surface area contributed by atoms with Crippen molar-refractivity contribution in [1.29, 1.82) is 0 Å². The number of nitrogens with zero attached hydrogens (tertiary/aromatic N) is 3. The van der Waals surface area contributed by atoms with E-state index in [0.717, 1.165) is 16.0 Å². The minimum Gasteiger partial charge on any atom is -0.267 e. The molecule has 0 unspecified atom stereocenters. The zero-order valence-electron chi connectivity index (χ0n) is 12.5. The van der Waals surface area contributed by atoms with Crippen LogP contribution in [0.15, 0.2) is 57.3 Å². The van der Waals surface area contributed by atoms with Crippen LogP contribution < -0.4 is 5.56 Å². The Hall–Kier alpha value is -1.99. The van der Waals surface area contributed by atoms with Gasteiger partial charge in [0.15, 0.2) is 0 Å². The molecule has 3 aromatic heterocycles. The van der Waals surface area contributed by atoms with E-state index in [9.17, 15) is 4.79 Å². The van der Waals surface area contributed by atoms with Gasteiger partial charge in [-0.2, -0.15) is 9.78 Å². The topological polar surface area (TPSA) is 47.2 Å². The zero-order valence-corrected chi connectivity index (χ0v) is 15.7. The Morgan fingerprint density at radius 1 is 1.16 bits per heavy atom. The molecule has 0 saturated heterocycles. The third kappa shape index (κ3) is 3.14. The molecular weight excluding hydrogens is 397 g/mol. The van der Waals surface area contributed by atoms with E-state index in [2.05, 4.69) is 10.1 Å². The van der Waals surface area contributed by atoms with Crippen molar-refractivity contribution in [3.8, 4) is 10.4 Å². The summed E-state index contributed by atoms with van der Waals surface area (Å²) in [4.78, 5) is 18.9. The van der Waals surface area contributed by atoms with Crippen molar-refractivity contribution in [2.75, 3.05) is 0 Å². The Bertz CT molecular complexity index is 1150. The fourth-order valence-corrected chi connectivity index (χ4v) is 4.37. The van der Waals surface area contributed by atoms with Crippen LogP contribution in [0.25, 0.3) is 20.7 Å². The van der Waals surface area contributed by atoms with Crippen LogP contribution >= 0.6 is 45.9 Å². The molecule has 0 aliphatic rings. The van der Waals surface area contributed by atoms with Crippen molar-refractivity contribution in [1.82, 2.24) is 9.66 Å². The van der Waals surface area contributed by atoms with E-state index in [0.29, 0.717) is 20.3 Å². The highest BCUT2D eigenvalue weighted by Gasteiger charge is 2.13. The minimum absolute atomic E-state index is 0.203. The molecule has 25 heavy (non-hydrogen) atoms. The summed E-state index contributed by atoms with van der Waals surface area (Å²) in [6.45, 7) is 0. The summed E-state index contributed by atoms with van der Waals surface area (Å²) in [5.41, 5.74) is 1.43. The van der Waals surface area contributed by atoms with E-state index in [1.54, 1.807) is 35.8 Å². The normalized spacial score (nSPS) is 11.6. The second-order valence-electron chi connectivity index (χ2n) is 5.12. The number of rotatable bonds is 3. The molecule has 0 atom stereocenters. The van der Waals surface area contributed by atoms with Gasteiger partial charge < -0.3 is 0 Å². The Morgan fingerprint density at radius 2 is 2.04 bits per heavy atom. The molecule has 124 valence electrons. The van der Waals surface area contributed by atoms with Crippen LogP contribution in [0.3, 0.4) is 0 Å². The van der Waals surface area contributed by atoms with E-state index >= 15 is 0 Å². The number of fused-ring (bicyclic) bond motifs is 1.